The van der Waals surface area contributed by atoms with Crippen LogP contribution in [0, 0.1) is 0 Å². The van der Waals surface area contributed by atoms with Crippen molar-refractivity contribution in [1.29, 1.82) is 0 Å². The first-order chi connectivity index (χ1) is 14.2. The smallest absolute Gasteiger partial charge is 0.262 e. The standard InChI is InChI=1S/C23H14ClN3O2/c24-16-8-6-7-15(13-16)21-25-22(29-26-21)20-14-27(17-9-2-1-3-10-17)23(28)19-12-5-4-11-18(19)20/h1-14H. The van der Waals surface area contributed by atoms with Crippen LogP contribution in [0.3, 0.4) is 0 Å². The average molecular weight is 400 g/mol. The second-order valence-electron chi connectivity index (χ2n) is 6.53. The summed E-state index contributed by atoms with van der Waals surface area (Å²) < 4.78 is 7.16. The van der Waals surface area contributed by atoms with Gasteiger partial charge in [0.15, 0.2) is 0 Å². The molecule has 3 aromatic carbocycles. The maximum absolute atomic E-state index is 13.1. The fourth-order valence-corrected chi connectivity index (χ4v) is 3.51. The van der Waals surface area contributed by atoms with E-state index in [0.29, 0.717) is 27.7 Å². The highest BCUT2D eigenvalue weighted by Gasteiger charge is 2.17. The molecule has 2 heterocycles. The second-order valence-corrected chi connectivity index (χ2v) is 6.97. The van der Waals surface area contributed by atoms with E-state index >= 15 is 0 Å². The number of benzene rings is 3. The third kappa shape index (κ3) is 3.11. The Morgan fingerprint density at radius 1 is 0.862 bits per heavy atom. The Bertz CT molecular complexity index is 1390. The first kappa shape index (κ1) is 17.4. The highest BCUT2D eigenvalue weighted by Crippen LogP contribution is 2.29. The molecule has 0 atom stereocenters. The molecule has 0 aliphatic heterocycles. The topological polar surface area (TPSA) is 60.9 Å². The van der Waals surface area contributed by atoms with Crippen LogP contribution in [0.15, 0.2) is 94.4 Å². The molecule has 0 unspecified atom stereocenters. The van der Waals surface area contributed by atoms with Crippen molar-refractivity contribution in [3.8, 4) is 28.5 Å². The van der Waals surface area contributed by atoms with Crippen LogP contribution >= 0.6 is 11.6 Å². The molecule has 0 saturated carbocycles. The van der Waals surface area contributed by atoms with Crippen LogP contribution in [0.5, 0.6) is 0 Å². The lowest BCUT2D eigenvalue weighted by Gasteiger charge is -2.10. The van der Waals surface area contributed by atoms with Gasteiger partial charge in [-0.25, -0.2) is 0 Å². The van der Waals surface area contributed by atoms with Crippen molar-refractivity contribution < 1.29 is 4.52 Å². The third-order valence-electron chi connectivity index (χ3n) is 4.70. The Balaban J connectivity index is 1.73. The summed E-state index contributed by atoms with van der Waals surface area (Å²) >= 11 is 6.08. The van der Waals surface area contributed by atoms with E-state index in [1.54, 1.807) is 29.0 Å². The molecule has 0 amide bonds. The third-order valence-corrected chi connectivity index (χ3v) is 4.93. The number of para-hydroxylation sites is 1. The summed E-state index contributed by atoms with van der Waals surface area (Å²) in [5.41, 5.74) is 2.10. The average Bonchev–Trinajstić information content (AvgIpc) is 3.25. The number of hydrogen-bond acceptors (Lipinski definition) is 4. The molecule has 0 aliphatic rings. The van der Waals surface area contributed by atoms with Gasteiger partial charge < -0.3 is 4.52 Å². The molecule has 0 saturated heterocycles. The molecule has 0 N–H and O–H groups in total. The minimum Gasteiger partial charge on any atom is -0.334 e. The molecule has 0 fully saturated rings. The Morgan fingerprint density at radius 3 is 2.41 bits per heavy atom. The number of nitrogens with zero attached hydrogens (tertiary/aromatic N) is 3. The highest BCUT2D eigenvalue weighted by atomic mass is 35.5. The van der Waals surface area contributed by atoms with Crippen LogP contribution in [-0.4, -0.2) is 14.7 Å². The molecule has 0 bridgehead atoms. The summed E-state index contributed by atoms with van der Waals surface area (Å²) in [7, 11) is 0. The summed E-state index contributed by atoms with van der Waals surface area (Å²) in [6.07, 6.45) is 1.75. The van der Waals surface area contributed by atoms with Gasteiger partial charge in [-0.1, -0.05) is 65.3 Å². The van der Waals surface area contributed by atoms with Gasteiger partial charge in [0, 0.05) is 33.2 Å². The second kappa shape index (κ2) is 7.04. The first-order valence-corrected chi connectivity index (χ1v) is 9.38. The zero-order valence-electron chi connectivity index (χ0n) is 15.1. The number of rotatable bonds is 3. The van der Waals surface area contributed by atoms with Crippen molar-refractivity contribution in [3.05, 3.63) is 100 Å². The van der Waals surface area contributed by atoms with Crippen molar-refractivity contribution in [1.82, 2.24) is 14.7 Å². The molecule has 6 heteroatoms. The molecule has 5 nitrogen and oxygen atoms in total. The summed E-state index contributed by atoms with van der Waals surface area (Å²) in [6, 6.07) is 24.1. The van der Waals surface area contributed by atoms with Gasteiger partial charge in [-0.2, -0.15) is 4.98 Å². The monoisotopic (exact) mass is 399 g/mol. The van der Waals surface area contributed by atoms with Crippen molar-refractivity contribution >= 4 is 22.4 Å². The number of pyridine rings is 1. The van der Waals surface area contributed by atoms with Gasteiger partial charge >= 0.3 is 0 Å². The van der Waals surface area contributed by atoms with Crippen LogP contribution in [0.2, 0.25) is 5.02 Å². The molecule has 29 heavy (non-hydrogen) atoms. The van der Waals surface area contributed by atoms with Crippen LogP contribution in [0.4, 0.5) is 0 Å². The maximum atomic E-state index is 13.1. The zero-order valence-corrected chi connectivity index (χ0v) is 15.9. The van der Waals surface area contributed by atoms with E-state index in [9.17, 15) is 4.79 Å². The number of fused-ring (bicyclic) bond motifs is 1. The predicted octanol–water partition coefficient (Wildman–Crippen LogP) is 5.36. The molecule has 5 aromatic rings. The summed E-state index contributed by atoms with van der Waals surface area (Å²) in [5, 5.41) is 6.03. The molecule has 5 rings (SSSR count). The minimum absolute atomic E-state index is 0.106. The zero-order chi connectivity index (χ0) is 19.8. The van der Waals surface area contributed by atoms with Gasteiger partial charge in [0.2, 0.25) is 5.82 Å². The van der Waals surface area contributed by atoms with Crippen molar-refractivity contribution in [2.45, 2.75) is 0 Å². The van der Waals surface area contributed by atoms with Gasteiger partial charge in [-0.3, -0.25) is 9.36 Å². The van der Waals surface area contributed by atoms with Crippen LogP contribution in [0.1, 0.15) is 0 Å². The Hall–Kier alpha value is -3.70. The minimum atomic E-state index is -0.106. The Labute approximate surface area is 170 Å². The summed E-state index contributed by atoms with van der Waals surface area (Å²) in [4.78, 5) is 17.6. The summed E-state index contributed by atoms with van der Waals surface area (Å²) in [6.45, 7) is 0. The first-order valence-electron chi connectivity index (χ1n) is 9.00. The molecule has 140 valence electrons. The quantitative estimate of drug-likeness (QED) is 0.409. The van der Waals surface area contributed by atoms with Gasteiger partial charge in [-0.05, 0) is 30.3 Å². The van der Waals surface area contributed by atoms with Gasteiger partial charge in [0.05, 0.1) is 5.56 Å². The van der Waals surface area contributed by atoms with E-state index in [0.717, 1.165) is 16.6 Å². The lowest BCUT2D eigenvalue weighted by atomic mass is 10.1. The lowest BCUT2D eigenvalue weighted by Crippen LogP contribution is -2.18. The van der Waals surface area contributed by atoms with Crippen LogP contribution < -0.4 is 5.56 Å². The largest absolute Gasteiger partial charge is 0.334 e. The van der Waals surface area contributed by atoms with Crippen molar-refractivity contribution in [3.63, 3.8) is 0 Å². The predicted molar refractivity (Wildman–Crippen MR) is 113 cm³/mol. The van der Waals surface area contributed by atoms with Gasteiger partial charge in [0.25, 0.3) is 11.4 Å². The number of aromatic nitrogens is 3. The van der Waals surface area contributed by atoms with Crippen LogP contribution in [-0.2, 0) is 0 Å². The van der Waals surface area contributed by atoms with Gasteiger partial charge in [-0.15, -0.1) is 0 Å². The molecule has 0 aliphatic carbocycles. The Morgan fingerprint density at radius 2 is 1.62 bits per heavy atom. The van der Waals surface area contributed by atoms with E-state index in [4.69, 9.17) is 16.1 Å². The summed E-state index contributed by atoms with van der Waals surface area (Å²) in [5.74, 6) is 0.768. The molecular weight excluding hydrogens is 386 g/mol. The normalized spacial score (nSPS) is 11.1. The fourth-order valence-electron chi connectivity index (χ4n) is 3.32. The highest BCUT2D eigenvalue weighted by molar-refractivity contribution is 6.30. The SMILES string of the molecule is O=c1c2ccccc2c(-c2nc(-c3cccc(Cl)c3)no2)cn1-c1ccccc1. The van der Waals surface area contributed by atoms with Crippen molar-refractivity contribution in [2.24, 2.45) is 0 Å². The molecule has 0 spiro atoms. The number of halogens is 1. The van der Waals surface area contributed by atoms with E-state index in [2.05, 4.69) is 10.1 Å². The van der Waals surface area contributed by atoms with E-state index in [1.807, 2.05) is 60.7 Å². The Kier molecular flexibility index (Phi) is 4.22. The van der Waals surface area contributed by atoms with Gasteiger partial charge in [0.1, 0.15) is 0 Å². The number of hydrogen-bond donors (Lipinski definition) is 0. The van der Waals surface area contributed by atoms with E-state index in [1.165, 1.54) is 0 Å². The molecule has 0 radical (unpaired) electrons. The fraction of sp³-hybridized carbons (Fsp3) is 0. The van der Waals surface area contributed by atoms with E-state index < -0.39 is 0 Å². The maximum Gasteiger partial charge on any atom is 0.262 e. The lowest BCUT2D eigenvalue weighted by molar-refractivity contribution is 0.432. The van der Waals surface area contributed by atoms with Crippen LogP contribution in [0.25, 0.3) is 39.3 Å². The molecular formula is C23H14ClN3O2. The van der Waals surface area contributed by atoms with E-state index in [-0.39, 0.29) is 5.56 Å². The molecule has 2 aromatic heterocycles. The van der Waals surface area contributed by atoms with Crippen molar-refractivity contribution in [2.75, 3.05) is 0 Å².